The summed E-state index contributed by atoms with van der Waals surface area (Å²) < 4.78 is 4.63. The van der Waals surface area contributed by atoms with Gasteiger partial charge in [0.2, 0.25) is 5.91 Å². The van der Waals surface area contributed by atoms with Gasteiger partial charge >= 0.3 is 5.97 Å². The molecule has 0 radical (unpaired) electrons. The van der Waals surface area contributed by atoms with E-state index in [0.29, 0.717) is 17.7 Å². The summed E-state index contributed by atoms with van der Waals surface area (Å²) in [5, 5.41) is 3.53. The third-order valence-electron chi connectivity index (χ3n) is 3.22. The highest BCUT2D eigenvalue weighted by Crippen LogP contribution is 2.21. The first kappa shape index (κ1) is 18.4. The summed E-state index contributed by atoms with van der Waals surface area (Å²) in [5.74, 6) is 0.417. The second kappa shape index (κ2) is 9.35. The number of benzene rings is 2. The van der Waals surface area contributed by atoms with Crippen LogP contribution in [0.15, 0.2) is 53.4 Å². The SMILES string of the molecule is COC(=O)c1ccc(NC(=O)CCCSc2ccc(Cl)cc2)cc1. The van der Waals surface area contributed by atoms with Crippen molar-refractivity contribution in [2.24, 2.45) is 0 Å². The van der Waals surface area contributed by atoms with Crippen molar-refractivity contribution in [1.29, 1.82) is 0 Å². The summed E-state index contributed by atoms with van der Waals surface area (Å²) in [6.45, 7) is 0. The van der Waals surface area contributed by atoms with Crippen LogP contribution in [0.4, 0.5) is 5.69 Å². The second-order valence-electron chi connectivity index (χ2n) is 5.02. The first-order valence-corrected chi connectivity index (χ1v) is 8.81. The van der Waals surface area contributed by atoms with Gasteiger partial charge in [0.25, 0.3) is 0 Å². The summed E-state index contributed by atoms with van der Waals surface area (Å²) in [5.41, 5.74) is 1.12. The monoisotopic (exact) mass is 363 g/mol. The number of ether oxygens (including phenoxy) is 1. The van der Waals surface area contributed by atoms with Crippen LogP contribution in [0.3, 0.4) is 0 Å². The lowest BCUT2D eigenvalue weighted by Gasteiger charge is -2.06. The maximum Gasteiger partial charge on any atom is 0.337 e. The van der Waals surface area contributed by atoms with E-state index in [0.717, 1.165) is 22.1 Å². The van der Waals surface area contributed by atoms with Crippen molar-refractivity contribution in [2.75, 3.05) is 18.2 Å². The summed E-state index contributed by atoms with van der Waals surface area (Å²) in [7, 11) is 1.33. The Morgan fingerprint density at radius 2 is 1.75 bits per heavy atom. The van der Waals surface area contributed by atoms with Crippen LogP contribution >= 0.6 is 23.4 Å². The van der Waals surface area contributed by atoms with E-state index in [-0.39, 0.29) is 5.91 Å². The lowest BCUT2D eigenvalue weighted by atomic mass is 10.2. The average molecular weight is 364 g/mol. The summed E-state index contributed by atoms with van der Waals surface area (Å²) in [4.78, 5) is 24.4. The Morgan fingerprint density at radius 3 is 2.38 bits per heavy atom. The Labute approximate surface area is 150 Å². The standard InChI is InChI=1S/C18H18ClNO3S/c1-23-18(22)13-4-8-15(9-5-13)20-17(21)3-2-12-24-16-10-6-14(19)7-11-16/h4-11H,2-3,12H2,1H3,(H,20,21). The molecule has 0 aliphatic carbocycles. The van der Waals surface area contributed by atoms with E-state index < -0.39 is 5.97 Å². The smallest absolute Gasteiger partial charge is 0.337 e. The fraction of sp³-hybridized carbons (Fsp3) is 0.222. The number of rotatable bonds is 7. The number of hydrogen-bond donors (Lipinski definition) is 1. The Kier molecular flexibility index (Phi) is 7.15. The maximum absolute atomic E-state index is 11.9. The Bertz CT molecular complexity index is 686. The number of amides is 1. The van der Waals surface area contributed by atoms with Crippen LogP contribution < -0.4 is 5.32 Å². The van der Waals surface area contributed by atoms with Gasteiger partial charge in [-0.3, -0.25) is 4.79 Å². The van der Waals surface area contributed by atoms with E-state index in [9.17, 15) is 9.59 Å². The van der Waals surface area contributed by atoms with Gasteiger partial charge < -0.3 is 10.1 Å². The number of carbonyl (C=O) groups is 2. The van der Waals surface area contributed by atoms with Gasteiger partial charge in [-0.1, -0.05) is 11.6 Å². The van der Waals surface area contributed by atoms with E-state index in [1.54, 1.807) is 36.0 Å². The minimum absolute atomic E-state index is 0.0440. The molecule has 2 aromatic carbocycles. The van der Waals surface area contributed by atoms with E-state index >= 15 is 0 Å². The highest BCUT2D eigenvalue weighted by molar-refractivity contribution is 7.99. The highest BCUT2D eigenvalue weighted by atomic mass is 35.5. The van der Waals surface area contributed by atoms with E-state index in [1.807, 2.05) is 24.3 Å². The normalized spacial score (nSPS) is 10.2. The molecule has 0 saturated heterocycles. The predicted molar refractivity (Wildman–Crippen MR) is 97.8 cm³/mol. The summed E-state index contributed by atoms with van der Waals surface area (Å²) in [6.07, 6.45) is 1.22. The molecule has 0 atom stereocenters. The minimum atomic E-state index is -0.396. The van der Waals surface area contributed by atoms with Crippen LogP contribution in [0.25, 0.3) is 0 Å². The average Bonchev–Trinajstić information content (AvgIpc) is 2.60. The van der Waals surface area contributed by atoms with Crippen molar-refractivity contribution in [3.8, 4) is 0 Å². The molecule has 0 unspecified atom stereocenters. The fourth-order valence-electron chi connectivity index (χ4n) is 1.98. The lowest BCUT2D eigenvalue weighted by molar-refractivity contribution is -0.116. The van der Waals surface area contributed by atoms with E-state index in [2.05, 4.69) is 10.1 Å². The van der Waals surface area contributed by atoms with Crippen molar-refractivity contribution in [3.05, 3.63) is 59.1 Å². The molecule has 0 spiro atoms. The number of esters is 1. The molecule has 0 heterocycles. The molecule has 1 amide bonds. The Balaban J connectivity index is 1.71. The molecule has 4 nitrogen and oxygen atoms in total. The van der Waals surface area contributed by atoms with Crippen molar-refractivity contribution in [3.63, 3.8) is 0 Å². The number of anilines is 1. The third-order valence-corrected chi connectivity index (χ3v) is 4.57. The number of carbonyl (C=O) groups excluding carboxylic acids is 2. The highest BCUT2D eigenvalue weighted by Gasteiger charge is 2.06. The number of thioether (sulfide) groups is 1. The quantitative estimate of drug-likeness (QED) is 0.442. The van der Waals surface area contributed by atoms with Crippen molar-refractivity contribution < 1.29 is 14.3 Å². The molecule has 0 bridgehead atoms. The van der Waals surface area contributed by atoms with Gasteiger partial charge in [-0.25, -0.2) is 4.79 Å². The number of nitrogens with one attached hydrogen (secondary N) is 1. The first-order chi connectivity index (χ1) is 11.6. The Morgan fingerprint density at radius 1 is 1.08 bits per heavy atom. The van der Waals surface area contributed by atoms with Gasteiger partial charge in [-0.05, 0) is 60.7 Å². The van der Waals surface area contributed by atoms with Crippen LogP contribution in [0, 0.1) is 0 Å². The molecule has 1 N–H and O–H groups in total. The zero-order chi connectivity index (χ0) is 17.4. The molecule has 6 heteroatoms. The predicted octanol–water partition coefficient (Wildman–Crippen LogP) is 4.64. The first-order valence-electron chi connectivity index (χ1n) is 7.45. The van der Waals surface area contributed by atoms with Crippen molar-refractivity contribution in [1.82, 2.24) is 0 Å². The van der Waals surface area contributed by atoms with Crippen molar-refractivity contribution >= 4 is 40.9 Å². The third kappa shape index (κ3) is 5.91. The van der Waals surface area contributed by atoms with Gasteiger partial charge in [0, 0.05) is 22.0 Å². The summed E-state index contributed by atoms with van der Waals surface area (Å²) in [6, 6.07) is 14.3. The Hall–Kier alpha value is -1.98. The molecule has 0 aliphatic rings. The molecule has 24 heavy (non-hydrogen) atoms. The topological polar surface area (TPSA) is 55.4 Å². The van der Waals surface area contributed by atoms with Crippen molar-refractivity contribution in [2.45, 2.75) is 17.7 Å². The molecule has 2 rings (SSSR count). The van der Waals surface area contributed by atoms with Crippen LogP contribution in [0.5, 0.6) is 0 Å². The van der Waals surface area contributed by atoms with E-state index in [4.69, 9.17) is 11.6 Å². The zero-order valence-electron chi connectivity index (χ0n) is 13.3. The van der Waals surface area contributed by atoms with Gasteiger partial charge in [0.15, 0.2) is 0 Å². The van der Waals surface area contributed by atoms with Crippen LogP contribution in [0.2, 0.25) is 5.02 Å². The molecule has 126 valence electrons. The van der Waals surface area contributed by atoms with Crippen LogP contribution in [0.1, 0.15) is 23.2 Å². The van der Waals surface area contributed by atoms with Gasteiger partial charge in [0.05, 0.1) is 12.7 Å². The van der Waals surface area contributed by atoms with Gasteiger partial charge in [-0.15, -0.1) is 11.8 Å². The number of methoxy groups -OCH3 is 1. The minimum Gasteiger partial charge on any atom is -0.465 e. The fourth-order valence-corrected chi connectivity index (χ4v) is 2.96. The second-order valence-corrected chi connectivity index (χ2v) is 6.63. The number of halogens is 1. The molecule has 2 aromatic rings. The largest absolute Gasteiger partial charge is 0.465 e. The number of hydrogen-bond acceptors (Lipinski definition) is 4. The molecular weight excluding hydrogens is 346 g/mol. The molecule has 0 saturated carbocycles. The molecular formula is C18H18ClNO3S. The molecule has 0 fully saturated rings. The molecule has 0 aliphatic heterocycles. The zero-order valence-corrected chi connectivity index (χ0v) is 14.8. The van der Waals surface area contributed by atoms with Gasteiger partial charge in [-0.2, -0.15) is 0 Å². The van der Waals surface area contributed by atoms with Crippen LogP contribution in [-0.2, 0) is 9.53 Å². The summed E-state index contributed by atoms with van der Waals surface area (Å²) >= 11 is 7.53. The maximum atomic E-state index is 11.9. The van der Waals surface area contributed by atoms with Gasteiger partial charge in [0.1, 0.15) is 0 Å². The van der Waals surface area contributed by atoms with Crippen LogP contribution in [-0.4, -0.2) is 24.7 Å². The molecule has 0 aromatic heterocycles. The van der Waals surface area contributed by atoms with E-state index in [1.165, 1.54) is 7.11 Å². The lowest BCUT2D eigenvalue weighted by Crippen LogP contribution is -2.11.